The second kappa shape index (κ2) is 6.13. The average Bonchev–Trinajstić information content (AvgIpc) is 3.16. The van der Waals surface area contributed by atoms with Gasteiger partial charge in [-0.25, -0.2) is 4.79 Å². The van der Waals surface area contributed by atoms with E-state index >= 15 is 0 Å². The van der Waals surface area contributed by atoms with Crippen LogP contribution in [-0.4, -0.2) is 16.3 Å². The summed E-state index contributed by atoms with van der Waals surface area (Å²) in [5, 5.41) is 12.9. The first-order chi connectivity index (χ1) is 10.7. The molecule has 2 amide bonds. The van der Waals surface area contributed by atoms with Gasteiger partial charge in [-0.1, -0.05) is 40.6 Å². The summed E-state index contributed by atoms with van der Waals surface area (Å²) in [6.07, 6.45) is 1.37. The van der Waals surface area contributed by atoms with E-state index in [2.05, 4.69) is 20.9 Å². The number of hydrogen-bond donors (Lipinski definition) is 2. The van der Waals surface area contributed by atoms with Crippen molar-refractivity contribution in [3.63, 3.8) is 0 Å². The normalized spacial score (nSPS) is 10.4. The summed E-state index contributed by atoms with van der Waals surface area (Å²) < 4.78 is 10.0. The molecule has 3 aromatic rings. The molecule has 3 rings (SSSR count). The molecule has 7 heteroatoms. The van der Waals surface area contributed by atoms with Gasteiger partial charge in [-0.15, -0.1) is 0 Å². The molecule has 2 heterocycles. The molecule has 0 atom stereocenters. The summed E-state index contributed by atoms with van der Waals surface area (Å²) >= 11 is 0. The van der Waals surface area contributed by atoms with E-state index in [9.17, 15) is 4.79 Å². The largest absolute Gasteiger partial charge is 0.362 e. The van der Waals surface area contributed by atoms with Gasteiger partial charge in [0.15, 0.2) is 5.76 Å². The van der Waals surface area contributed by atoms with Gasteiger partial charge in [0.1, 0.15) is 23.3 Å². The molecule has 0 bridgehead atoms. The van der Waals surface area contributed by atoms with Gasteiger partial charge in [0.05, 0.1) is 6.54 Å². The minimum atomic E-state index is -0.365. The van der Waals surface area contributed by atoms with Crippen LogP contribution in [0.25, 0.3) is 11.3 Å². The number of carbonyl (C=O) groups is 1. The van der Waals surface area contributed by atoms with Crippen molar-refractivity contribution in [2.75, 3.05) is 5.32 Å². The molecule has 0 fully saturated rings. The van der Waals surface area contributed by atoms with E-state index in [1.165, 1.54) is 6.26 Å². The fourth-order valence-electron chi connectivity index (χ4n) is 1.88. The number of hydrogen-bond acceptors (Lipinski definition) is 5. The van der Waals surface area contributed by atoms with Crippen LogP contribution in [0, 0.1) is 6.92 Å². The highest BCUT2D eigenvalue weighted by atomic mass is 16.5. The lowest BCUT2D eigenvalue weighted by Gasteiger charge is -2.03. The Morgan fingerprint density at radius 2 is 2.05 bits per heavy atom. The molecule has 112 valence electrons. The number of anilines is 1. The summed E-state index contributed by atoms with van der Waals surface area (Å²) in [6, 6.07) is 11.1. The number of aryl methyl sites for hydroxylation is 1. The topological polar surface area (TPSA) is 93.2 Å². The van der Waals surface area contributed by atoms with Crippen molar-refractivity contribution in [3.8, 4) is 11.3 Å². The maximum absolute atomic E-state index is 11.8. The molecule has 22 heavy (non-hydrogen) atoms. The molecular formula is C15H14N4O3. The van der Waals surface area contributed by atoms with Crippen LogP contribution in [0.1, 0.15) is 11.4 Å². The lowest BCUT2D eigenvalue weighted by molar-refractivity contribution is 0.251. The first kappa shape index (κ1) is 13.9. The van der Waals surface area contributed by atoms with Gasteiger partial charge in [-0.05, 0) is 6.92 Å². The number of amides is 2. The van der Waals surface area contributed by atoms with E-state index in [-0.39, 0.29) is 12.6 Å². The maximum atomic E-state index is 11.8. The van der Waals surface area contributed by atoms with Gasteiger partial charge < -0.3 is 19.7 Å². The maximum Gasteiger partial charge on any atom is 0.319 e. The summed E-state index contributed by atoms with van der Waals surface area (Å²) in [7, 11) is 0. The molecule has 2 aromatic heterocycles. The number of aromatic nitrogens is 2. The zero-order valence-corrected chi connectivity index (χ0v) is 11.9. The number of nitrogens with zero attached hydrogens (tertiary/aromatic N) is 2. The van der Waals surface area contributed by atoms with E-state index in [1.807, 2.05) is 30.3 Å². The Bertz CT molecular complexity index is 764. The Morgan fingerprint density at radius 1 is 1.23 bits per heavy atom. The zero-order chi connectivity index (χ0) is 15.4. The number of urea groups is 1. The summed E-state index contributed by atoms with van der Waals surface area (Å²) in [4.78, 5) is 11.8. The SMILES string of the molecule is Cc1nocc1NC(=O)NCc1cc(-c2ccccc2)on1. The van der Waals surface area contributed by atoms with Crippen LogP contribution < -0.4 is 10.6 Å². The standard InChI is InChI=1S/C15H14N4O3/c1-10-13(9-21-18-10)17-15(20)16-8-12-7-14(22-19-12)11-5-3-2-4-6-11/h2-7,9H,8H2,1H3,(H2,16,17,20). The lowest BCUT2D eigenvalue weighted by Crippen LogP contribution is -2.28. The molecule has 0 saturated heterocycles. The van der Waals surface area contributed by atoms with Gasteiger partial charge in [0.2, 0.25) is 0 Å². The molecular weight excluding hydrogens is 284 g/mol. The van der Waals surface area contributed by atoms with E-state index in [1.54, 1.807) is 13.0 Å². The minimum Gasteiger partial charge on any atom is -0.362 e. The second-order valence-corrected chi connectivity index (χ2v) is 4.67. The highest BCUT2D eigenvalue weighted by Gasteiger charge is 2.10. The van der Waals surface area contributed by atoms with Crippen molar-refractivity contribution in [3.05, 3.63) is 54.0 Å². The zero-order valence-electron chi connectivity index (χ0n) is 11.9. The van der Waals surface area contributed by atoms with Crippen LogP contribution in [0.2, 0.25) is 0 Å². The molecule has 1 aromatic carbocycles. The predicted molar refractivity (Wildman–Crippen MR) is 79.0 cm³/mol. The second-order valence-electron chi connectivity index (χ2n) is 4.67. The smallest absolute Gasteiger partial charge is 0.319 e. The molecule has 0 saturated carbocycles. The Balaban J connectivity index is 1.57. The first-order valence-electron chi connectivity index (χ1n) is 6.69. The Labute approximate surface area is 126 Å². The van der Waals surface area contributed by atoms with Crippen molar-refractivity contribution in [2.45, 2.75) is 13.5 Å². The van der Waals surface area contributed by atoms with Crippen molar-refractivity contribution in [1.29, 1.82) is 0 Å². The highest BCUT2D eigenvalue weighted by molar-refractivity contribution is 5.89. The molecule has 0 unspecified atom stereocenters. The molecule has 0 spiro atoms. The monoisotopic (exact) mass is 298 g/mol. The quantitative estimate of drug-likeness (QED) is 0.772. The fraction of sp³-hybridized carbons (Fsp3) is 0.133. The third-order valence-corrected chi connectivity index (χ3v) is 3.05. The average molecular weight is 298 g/mol. The van der Waals surface area contributed by atoms with Crippen molar-refractivity contribution in [2.24, 2.45) is 0 Å². The van der Waals surface area contributed by atoms with Crippen LogP contribution in [0.4, 0.5) is 10.5 Å². The number of nitrogens with one attached hydrogen (secondary N) is 2. The van der Waals surface area contributed by atoms with Crippen LogP contribution in [0.5, 0.6) is 0 Å². The number of rotatable bonds is 4. The third kappa shape index (κ3) is 3.14. The number of benzene rings is 1. The third-order valence-electron chi connectivity index (χ3n) is 3.05. The van der Waals surface area contributed by atoms with Gasteiger partial charge in [-0.2, -0.15) is 0 Å². The summed E-state index contributed by atoms with van der Waals surface area (Å²) in [5.41, 5.74) is 2.72. The molecule has 0 radical (unpaired) electrons. The Morgan fingerprint density at radius 3 is 2.77 bits per heavy atom. The van der Waals surface area contributed by atoms with Crippen LogP contribution >= 0.6 is 0 Å². The fourth-order valence-corrected chi connectivity index (χ4v) is 1.88. The molecule has 0 aliphatic rings. The van der Waals surface area contributed by atoms with Crippen LogP contribution in [0.3, 0.4) is 0 Å². The van der Waals surface area contributed by atoms with Crippen molar-refractivity contribution >= 4 is 11.7 Å². The highest BCUT2D eigenvalue weighted by Crippen LogP contribution is 2.19. The minimum absolute atomic E-state index is 0.256. The van der Waals surface area contributed by atoms with E-state index in [4.69, 9.17) is 9.05 Å². The van der Waals surface area contributed by atoms with Gasteiger partial charge in [0.25, 0.3) is 0 Å². The van der Waals surface area contributed by atoms with Crippen LogP contribution in [0.15, 0.2) is 51.7 Å². The molecule has 0 aliphatic carbocycles. The van der Waals surface area contributed by atoms with Crippen molar-refractivity contribution < 1.29 is 13.8 Å². The molecule has 0 aliphatic heterocycles. The van der Waals surface area contributed by atoms with Gasteiger partial charge in [0, 0.05) is 11.6 Å². The first-order valence-corrected chi connectivity index (χ1v) is 6.69. The number of carbonyl (C=O) groups excluding carboxylic acids is 1. The predicted octanol–water partition coefficient (Wildman–Crippen LogP) is 2.96. The summed E-state index contributed by atoms with van der Waals surface area (Å²) in [6.45, 7) is 2.00. The van der Waals surface area contributed by atoms with Gasteiger partial charge in [-0.3, -0.25) is 0 Å². The van der Waals surface area contributed by atoms with Crippen LogP contribution in [-0.2, 0) is 6.54 Å². The summed E-state index contributed by atoms with van der Waals surface area (Å²) in [5.74, 6) is 0.660. The Kier molecular flexibility index (Phi) is 3.86. The van der Waals surface area contributed by atoms with Gasteiger partial charge >= 0.3 is 6.03 Å². The molecule has 7 nitrogen and oxygen atoms in total. The molecule has 2 N–H and O–H groups in total. The van der Waals surface area contributed by atoms with E-state index < -0.39 is 0 Å². The van der Waals surface area contributed by atoms with E-state index in [0.717, 1.165) is 5.56 Å². The van der Waals surface area contributed by atoms with E-state index in [0.29, 0.717) is 22.8 Å². The van der Waals surface area contributed by atoms with Crippen molar-refractivity contribution in [1.82, 2.24) is 15.6 Å². The lowest BCUT2D eigenvalue weighted by atomic mass is 10.2. The Hall–Kier alpha value is -3.09.